The Hall–Kier alpha value is -2.89. The summed E-state index contributed by atoms with van der Waals surface area (Å²) in [5, 5.41) is 2.79. The summed E-state index contributed by atoms with van der Waals surface area (Å²) in [6.45, 7) is 0.539. The molecule has 0 aliphatic carbocycles. The van der Waals surface area contributed by atoms with Crippen molar-refractivity contribution in [3.63, 3.8) is 0 Å². The molecule has 1 atom stereocenters. The lowest BCUT2D eigenvalue weighted by molar-refractivity contribution is 0.102. The summed E-state index contributed by atoms with van der Waals surface area (Å²) in [7, 11) is 0. The van der Waals surface area contributed by atoms with Crippen LogP contribution >= 0.6 is 0 Å². The topological polar surface area (TPSA) is 76.7 Å². The molecule has 0 spiro atoms. The Morgan fingerprint density at radius 1 is 1.21 bits per heavy atom. The van der Waals surface area contributed by atoms with Crippen molar-refractivity contribution < 1.29 is 13.9 Å². The molecular formula is C18H18FN3O2. The summed E-state index contributed by atoms with van der Waals surface area (Å²) < 4.78 is 18.0. The first kappa shape index (κ1) is 16.0. The highest BCUT2D eigenvalue weighted by Crippen LogP contribution is 2.15. The van der Waals surface area contributed by atoms with Crippen molar-refractivity contribution in [1.82, 2.24) is 0 Å². The van der Waals surface area contributed by atoms with Gasteiger partial charge in [0.1, 0.15) is 12.4 Å². The molecular weight excluding hydrogens is 309 g/mol. The molecule has 1 amide bonds. The fourth-order valence-electron chi connectivity index (χ4n) is 2.48. The molecule has 2 aromatic rings. The highest BCUT2D eigenvalue weighted by Gasteiger charge is 2.16. The average molecular weight is 327 g/mol. The zero-order chi connectivity index (χ0) is 16.9. The molecule has 5 nitrogen and oxygen atoms in total. The maximum Gasteiger partial charge on any atom is 0.282 e. The summed E-state index contributed by atoms with van der Waals surface area (Å²) in [5.74, 6) is -0.634. The van der Waals surface area contributed by atoms with E-state index in [0.717, 1.165) is 18.4 Å². The Kier molecular flexibility index (Phi) is 4.74. The van der Waals surface area contributed by atoms with Gasteiger partial charge in [-0.3, -0.25) is 4.79 Å². The van der Waals surface area contributed by atoms with Crippen molar-refractivity contribution in [1.29, 1.82) is 0 Å². The third-order valence-electron chi connectivity index (χ3n) is 3.82. The predicted octanol–water partition coefficient (Wildman–Crippen LogP) is 2.72. The SMILES string of the molecule is NC1=NC(CCc2ccc(NC(=O)c3ccc(F)cc3)cc2)CO1. The fraction of sp³-hybridized carbons (Fsp3) is 0.222. The van der Waals surface area contributed by atoms with E-state index in [9.17, 15) is 9.18 Å². The lowest BCUT2D eigenvalue weighted by Gasteiger charge is -2.08. The highest BCUT2D eigenvalue weighted by molar-refractivity contribution is 6.04. The van der Waals surface area contributed by atoms with Gasteiger partial charge in [0, 0.05) is 11.3 Å². The van der Waals surface area contributed by atoms with Gasteiger partial charge in [-0.2, -0.15) is 0 Å². The van der Waals surface area contributed by atoms with Crippen LogP contribution in [0.5, 0.6) is 0 Å². The van der Waals surface area contributed by atoms with Crippen molar-refractivity contribution in [2.24, 2.45) is 10.7 Å². The monoisotopic (exact) mass is 327 g/mol. The number of benzene rings is 2. The van der Waals surface area contributed by atoms with E-state index in [2.05, 4.69) is 10.3 Å². The number of rotatable bonds is 5. The molecule has 0 bridgehead atoms. The van der Waals surface area contributed by atoms with Crippen molar-refractivity contribution in [2.75, 3.05) is 11.9 Å². The molecule has 1 heterocycles. The maximum atomic E-state index is 12.9. The molecule has 0 fully saturated rings. The van der Waals surface area contributed by atoms with Crippen LogP contribution in [0.3, 0.4) is 0 Å². The van der Waals surface area contributed by atoms with Crippen LogP contribution in [-0.4, -0.2) is 24.6 Å². The minimum absolute atomic E-state index is 0.114. The Labute approximate surface area is 139 Å². The smallest absolute Gasteiger partial charge is 0.282 e. The summed E-state index contributed by atoms with van der Waals surface area (Å²) in [4.78, 5) is 16.3. The second kappa shape index (κ2) is 7.12. The Bertz CT molecular complexity index is 742. The van der Waals surface area contributed by atoms with E-state index in [-0.39, 0.29) is 23.8 Å². The number of anilines is 1. The van der Waals surface area contributed by atoms with Gasteiger partial charge in [-0.05, 0) is 54.8 Å². The number of aryl methyl sites for hydroxylation is 1. The normalized spacial score (nSPS) is 16.4. The van der Waals surface area contributed by atoms with Crippen molar-refractivity contribution in [2.45, 2.75) is 18.9 Å². The Morgan fingerprint density at radius 2 is 1.92 bits per heavy atom. The number of nitrogens with one attached hydrogen (secondary N) is 1. The first-order chi connectivity index (χ1) is 11.6. The van der Waals surface area contributed by atoms with Crippen LogP contribution in [-0.2, 0) is 11.2 Å². The van der Waals surface area contributed by atoms with Gasteiger partial charge >= 0.3 is 0 Å². The van der Waals surface area contributed by atoms with Gasteiger partial charge in [0.05, 0.1) is 6.04 Å². The lowest BCUT2D eigenvalue weighted by Crippen LogP contribution is -2.12. The zero-order valence-electron chi connectivity index (χ0n) is 13.0. The van der Waals surface area contributed by atoms with Gasteiger partial charge in [-0.25, -0.2) is 9.38 Å². The Balaban J connectivity index is 1.54. The molecule has 1 unspecified atom stereocenters. The number of nitrogens with zero attached hydrogens (tertiary/aromatic N) is 1. The van der Waals surface area contributed by atoms with E-state index in [1.807, 2.05) is 24.3 Å². The number of aliphatic imine (C=N–C) groups is 1. The molecule has 2 aromatic carbocycles. The van der Waals surface area contributed by atoms with E-state index in [4.69, 9.17) is 10.5 Å². The number of carbonyl (C=O) groups is 1. The van der Waals surface area contributed by atoms with Crippen LogP contribution < -0.4 is 11.1 Å². The second-order valence-electron chi connectivity index (χ2n) is 5.63. The first-order valence-electron chi connectivity index (χ1n) is 7.72. The van der Waals surface area contributed by atoms with Crippen LogP contribution in [0.15, 0.2) is 53.5 Å². The summed E-state index contributed by atoms with van der Waals surface area (Å²) >= 11 is 0. The van der Waals surface area contributed by atoms with Crippen LogP contribution in [0.4, 0.5) is 10.1 Å². The molecule has 0 radical (unpaired) electrons. The van der Waals surface area contributed by atoms with Crippen LogP contribution in [0, 0.1) is 5.82 Å². The largest absolute Gasteiger partial charge is 0.463 e. The summed E-state index contributed by atoms with van der Waals surface area (Å²) in [6.07, 6.45) is 1.72. The van der Waals surface area contributed by atoms with E-state index in [0.29, 0.717) is 17.9 Å². The molecule has 6 heteroatoms. The molecule has 124 valence electrons. The molecule has 3 rings (SSSR count). The number of carbonyl (C=O) groups excluding carboxylic acids is 1. The van der Waals surface area contributed by atoms with E-state index in [1.165, 1.54) is 24.3 Å². The van der Waals surface area contributed by atoms with E-state index in [1.54, 1.807) is 0 Å². The molecule has 24 heavy (non-hydrogen) atoms. The average Bonchev–Trinajstić information content (AvgIpc) is 3.00. The molecule has 3 N–H and O–H groups in total. The number of amidine groups is 1. The number of ether oxygens (including phenoxy) is 1. The number of nitrogens with two attached hydrogens (primary N) is 1. The second-order valence-corrected chi connectivity index (χ2v) is 5.63. The molecule has 1 aliphatic heterocycles. The van der Waals surface area contributed by atoms with Gasteiger partial charge in [0.2, 0.25) is 0 Å². The fourth-order valence-corrected chi connectivity index (χ4v) is 2.48. The molecule has 1 aliphatic rings. The van der Waals surface area contributed by atoms with Crippen LogP contribution in [0.1, 0.15) is 22.3 Å². The first-order valence-corrected chi connectivity index (χ1v) is 7.72. The lowest BCUT2D eigenvalue weighted by atomic mass is 10.1. The van der Waals surface area contributed by atoms with Crippen LogP contribution in [0.2, 0.25) is 0 Å². The van der Waals surface area contributed by atoms with E-state index >= 15 is 0 Å². The third-order valence-corrected chi connectivity index (χ3v) is 3.82. The zero-order valence-corrected chi connectivity index (χ0v) is 13.0. The van der Waals surface area contributed by atoms with Gasteiger partial charge < -0.3 is 15.8 Å². The number of halogens is 1. The van der Waals surface area contributed by atoms with Gasteiger partial charge in [0.15, 0.2) is 0 Å². The quantitative estimate of drug-likeness (QED) is 0.886. The minimum Gasteiger partial charge on any atom is -0.463 e. The van der Waals surface area contributed by atoms with Gasteiger partial charge in [-0.15, -0.1) is 0 Å². The number of hydrogen-bond donors (Lipinski definition) is 2. The third kappa shape index (κ3) is 4.10. The minimum atomic E-state index is -0.366. The van der Waals surface area contributed by atoms with Gasteiger partial charge in [-0.1, -0.05) is 12.1 Å². The van der Waals surface area contributed by atoms with Crippen molar-refractivity contribution in [3.05, 3.63) is 65.5 Å². The van der Waals surface area contributed by atoms with Crippen molar-refractivity contribution in [3.8, 4) is 0 Å². The standard InChI is InChI=1S/C18H18FN3O2/c19-14-6-4-13(5-7-14)17(23)21-15-8-1-12(2-9-15)3-10-16-11-24-18(20)22-16/h1-2,4-9,16H,3,10-11H2,(H2,20,22)(H,21,23). The predicted molar refractivity (Wildman–Crippen MR) is 90.5 cm³/mol. The number of hydrogen-bond acceptors (Lipinski definition) is 4. The maximum absolute atomic E-state index is 12.9. The molecule has 0 saturated carbocycles. The summed E-state index contributed by atoms with van der Waals surface area (Å²) in [6, 6.07) is 13.4. The summed E-state index contributed by atoms with van der Waals surface area (Å²) in [5.41, 5.74) is 7.74. The number of amides is 1. The highest BCUT2D eigenvalue weighted by atomic mass is 19.1. The Morgan fingerprint density at radius 3 is 2.54 bits per heavy atom. The molecule has 0 saturated heterocycles. The van der Waals surface area contributed by atoms with Crippen LogP contribution in [0.25, 0.3) is 0 Å². The van der Waals surface area contributed by atoms with Crippen molar-refractivity contribution >= 4 is 17.6 Å². The molecule has 0 aromatic heterocycles. The van der Waals surface area contributed by atoms with E-state index < -0.39 is 0 Å². The van der Waals surface area contributed by atoms with Gasteiger partial charge in [0.25, 0.3) is 11.9 Å².